The summed E-state index contributed by atoms with van der Waals surface area (Å²) in [6.45, 7) is 2.44. The van der Waals surface area contributed by atoms with E-state index in [1.165, 1.54) is 0 Å². The molecule has 0 saturated carbocycles. The van der Waals surface area contributed by atoms with Crippen molar-refractivity contribution in [2.45, 2.75) is 19.5 Å². The third-order valence-electron chi connectivity index (χ3n) is 5.52. The summed E-state index contributed by atoms with van der Waals surface area (Å²) in [5.41, 5.74) is 3.81. The summed E-state index contributed by atoms with van der Waals surface area (Å²) in [5.74, 6) is 1.25. The summed E-state index contributed by atoms with van der Waals surface area (Å²) < 4.78 is 3.50. The molecular weight excluding hydrogens is 388 g/mol. The number of nitrogens with one attached hydrogen (secondary N) is 1. The predicted molar refractivity (Wildman–Crippen MR) is 120 cm³/mol. The highest BCUT2D eigenvalue weighted by Crippen LogP contribution is 2.21. The van der Waals surface area contributed by atoms with Gasteiger partial charge in [-0.2, -0.15) is 0 Å². The third kappa shape index (κ3) is 3.39. The Balaban J connectivity index is 1.59. The lowest BCUT2D eigenvalue weighted by atomic mass is 10.0. The molecule has 7 nitrogen and oxygen atoms in total. The van der Waals surface area contributed by atoms with Gasteiger partial charge in [0.1, 0.15) is 0 Å². The molecule has 1 N–H and O–H groups in total. The van der Waals surface area contributed by atoms with Crippen molar-refractivity contribution < 1.29 is 0 Å². The first kappa shape index (κ1) is 19.1. The Morgan fingerprint density at radius 1 is 1.00 bits per heavy atom. The summed E-state index contributed by atoms with van der Waals surface area (Å²) in [5, 5.41) is 12.9. The first-order valence-electron chi connectivity index (χ1n) is 10.2. The van der Waals surface area contributed by atoms with Crippen LogP contribution in [0.5, 0.6) is 0 Å². The van der Waals surface area contributed by atoms with Crippen LogP contribution in [0.25, 0.3) is 16.7 Å². The molecule has 0 aliphatic carbocycles. The van der Waals surface area contributed by atoms with Crippen molar-refractivity contribution in [2.75, 3.05) is 0 Å². The van der Waals surface area contributed by atoms with E-state index in [2.05, 4.69) is 32.6 Å². The molecule has 5 rings (SSSR count). The molecule has 1 atom stereocenters. The van der Waals surface area contributed by atoms with Crippen molar-refractivity contribution in [2.24, 2.45) is 7.05 Å². The van der Waals surface area contributed by atoms with E-state index in [9.17, 15) is 4.79 Å². The van der Waals surface area contributed by atoms with E-state index in [1.807, 2.05) is 65.9 Å². The summed E-state index contributed by atoms with van der Waals surface area (Å²) in [4.78, 5) is 17.4. The number of hydrogen-bond acceptors (Lipinski definition) is 5. The Bertz CT molecular complexity index is 1380. The maximum absolute atomic E-state index is 12.8. The molecule has 2 aromatic carbocycles. The monoisotopic (exact) mass is 410 g/mol. The summed E-state index contributed by atoms with van der Waals surface area (Å²) in [6.07, 6.45) is 1.80. The van der Waals surface area contributed by atoms with Crippen molar-refractivity contribution in [3.8, 4) is 0 Å². The number of fused-ring (bicyclic) bond motifs is 3. The smallest absolute Gasteiger partial charge is 0.262 e. The van der Waals surface area contributed by atoms with Gasteiger partial charge in [-0.15, -0.1) is 10.2 Å². The topological polar surface area (TPSA) is 77.1 Å². The molecule has 0 aliphatic heterocycles. The molecule has 1 unspecified atom stereocenters. The number of aryl methyl sites for hydroxylation is 2. The maximum Gasteiger partial charge on any atom is 0.262 e. The number of pyridine rings is 1. The van der Waals surface area contributed by atoms with Crippen LogP contribution < -0.4 is 10.9 Å². The zero-order valence-electron chi connectivity index (χ0n) is 17.4. The van der Waals surface area contributed by atoms with E-state index in [0.29, 0.717) is 17.7 Å². The van der Waals surface area contributed by atoms with Gasteiger partial charge in [-0.3, -0.25) is 24.1 Å². The van der Waals surface area contributed by atoms with E-state index < -0.39 is 0 Å². The minimum absolute atomic E-state index is 0.0752. The van der Waals surface area contributed by atoms with Crippen LogP contribution >= 0.6 is 0 Å². The lowest BCUT2D eigenvalue weighted by molar-refractivity contribution is 0.573. The molecule has 3 aromatic heterocycles. The first-order chi connectivity index (χ1) is 15.1. The Hall–Kier alpha value is -3.84. The highest BCUT2D eigenvalue weighted by atomic mass is 16.1. The normalized spacial score (nSPS) is 12.5. The van der Waals surface area contributed by atoms with E-state index in [4.69, 9.17) is 0 Å². The van der Waals surface area contributed by atoms with Crippen LogP contribution in [-0.2, 0) is 13.6 Å². The fourth-order valence-electron chi connectivity index (χ4n) is 3.95. The molecule has 0 fully saturated rings. The van der Waals surface area contributed by atoms with Gasteiger partial charge in [0.05, 0.1) is 29.2 Å². The van der Waals surface area contributed by atoms with E-state index in [-0.39, 0.29) is 11.6 Å². The predicted octanol–water partition coefficient (Wildman–Crippen LogP) is 3.16. The van der Waals surface area contributed by atoms with Gasteiger partial charge in [0.25, 0.3) is 5.56 Å². The summed E-state index contributed by atoms with van der Waals surface area (Å²) >= 11 is 0. The Labute approximate surface area is 179 Å². The molecule has 5 aromatic rings. The summed E-state index contributed by atoms with van der Waals surface area (Å²) in [7, 11) is 1.73. The average Bonchev–Trinajstić information content (AvgIpc) is 3.23. The second-order valence-corrected chi connectivity index (χ2v) is 7.62. The lowest BCUT2D eigenvalue weighted by Crippen LogP contribution is -2.25. The van der Waals surface area contributed by atoms with Crippen molar-refractivity contribution >= 4 is 16.7 Å². The van der Waals surface area contributed by atoms with Gasteiger partial charge in [0.2, 0.25) is 5.78 Å². The minimum atomic E-state index is -0.101. The molecule has 3 heterocycles. The zero-order valence-corrected chi connectivity index (χ0v) is 17.4. The molecule has 0 spiro atoms. The Kier molecular flexibility index (Phi) is 4.80. The van der Waals surface area contributed by atoms with E-state index in [1.54, 1.807) is 17.8 Å². The Morgan fingerprint density at radius 2 is 1.81 bits per heavy atom. The molecule has 7 heteroatoms. The molecule has 0 bridgehead atoms. The number of rotatable bonds is 5. The van der Waals surface area contributed by atoms with Crippen LogP contribution in [0, 0.1) is 6.92 Å². The van der Waals surface area contributed by atoms with Gasteiger partial charge in [0, 0.05) is 13.2 Å². The highest BCUT2D eigenvalue weighted by molar-refractivity contribution is 5.81. The van der Waals surface area contributed by atoms with Gasteiger partial charge in [-0.25, -0.2) is 0 Å². The van der Waals surface area contributed by atoms with Crippen LogP contribution in [0.15, 0.2) is 77.7 Å². The molecule has 31 heavy (non-hydrogen) atoms. The molecule has 154 valence electrons. The van der Waals surface area contributed by atoms with E-state index in [0.717, 1.165) is 28.2 Å². The first-order valence-corrected chi connectivity index (χ1v) is 10.2. The molecular formula is C24H22N6O. The zero-order chi connectivity index (χ0) is 21.4. The number of aromatic nitrogens is 5. The Morgan fingerprint density at radius 3 is 2.58 bits per heavy atom. The maximum atomic E-state index is 12.8. The second-order valence-electron chi connectivity index (χ2n) is 7.62. The van der Waals surface area contributed by atoms with Crippen molar-refractivity contribution in [3.05, 3.63) is 106 Å². The fourth-order valence-corrected chi connectivity index (χ4v) is 3.95. The number of benzene rings is 2. The second kappa shape index (κ2) is 7.77. The van der Waals surface area contributed by atoms with Crippen LogP contribution in [0.3, 0.4) is 0 Å². The van der Waals surface area contributed by atoms with Gasteiger partial charge in [0.15, 0.2) is 5.82 Å². The van der Waals surface area contributed by atoms with Crippen LogP contribution in [0.4, 0.5) is 0 Å². The van der Waals surface area contributed by atoms with Crippen molar-refractivity contribution in [1.29, 1.82) is 0 Å². The van der Waals surface area contributed by atoms with Gasteiger partial charge in [-0.1, -0.05) is 48.0 Å². The standard InChI is InChI=1S/C24H22N6O/c1-16-11-12-20-18(14-16)23(31)29(2)24-28-27-21(30(20)24)15-26-22(17-8-4-3-5-9-17)19-10-6-7-13-25-19/h3-14,22,26H,15H2,1-2H3. The van der Waals surface area contributed by atoms with Crippen molar-refractivity contribution in [1.82, 2.24) is 29.5 Å². The molecule has 0 radical (unpaired) electrons. The van der Waals surface area contributed by atoms with Gasteiger partial charge < -0.3 is 0 Å². The summed E-state index contributed by atoms with van der Waals surface area (Å²) in [6, 6.07) is 21.9. The minimum Gasteiger partial charge on any atom is -0.298 e. The molecule has 0 amide bonds. The lowest BCUT2D eigenvalue weighted by Gasteiger charge is -2.18. The molecule has 0 saturated heterocycles. The largest absolute Gasteiger partial charge is 0.298 e. The number of nitrogens with zero attached hydrogens (tertiary/aromatic N) is 5. The van der Waals surface area contributed by atoms with Crippen molar-refractivity contribution in [3.63, 3.8) is 0 Å². The molecule has 0 aliphatic rings. The third-order valence-corrected chi connectivity index (χ3v) is 5.52. The van der Waals surface area contributed by atoms with Gasteiger partial charge >= 0.3 is 0 Å². The van der Waals surface area contributed by atoms with Crippen LogP contribution in [0.2, 0.25) is 0 Å². The highest BCUT2D eigenvalue weighted by Gasteiger charge is 2.18. The average molecular weight is 410 g/mol. The van der Waals surface area contributed by atoms with Crippen LogP contribution in [0.1, 0.15) is 28.7 Å². The van der Waals surface area contributed by atoms with Gasteiger partial charge in [-0.05, 0) is 36.8 Å². The fraction of sp³-hybridized carbons (Fsp3) is 0.167. The quantitative estimate of drug-likeness (QED) is 0.482. The SMILES string of the molecule is Cc1ccc2c(c1)c(=O)n(C)c1nnc(CNC(c3ccccc3)c3ccccn3)n21. The van der Waals surface area contributed by atoms with Crippen LogP contribution in [-0.4, -0.2) is 24.1 Å². The number of hydrogen-bond donors (Lipinski definition) is 1. The van der Waals surface area contributed by atoms with E-state index >= 15 is 0 Å².